The van der Waals surface area contributed by atoms with Gasteiger partial charge in [0, 0.05) is 14.0 Å². The number of benzene rings is 1. The topological polar surface area (TPSA) is 0 Å². The summed E-state index contributed by atoms with van der Waals surface area (Å²) >= 11 is 4.29. The van der Waals surface area contributed by atoms with E-state index in [1.54, 1.807) is 0 Å². The predicted molar refractivity (Wildman–Crippen MR) is 59.5 cm³/mol. The van der Waals surface area contributed by atoms with Gasteiger partial charge in [0.05, 0.1) is 0 Å². The molecule has 0 atom stereocenters. The van der Waals surface area contributed by atoms with Crippen molar-refractivity contribution in [3.05, 3.63) is 35.2 Å². The lowest BCUT2D eigenvalue weighted by Crippen LogP contribution is -1.59. The van der Waals surface area contributed by atoms with Crippen molar-refractivity contribution in [2.45, 2.75) is 4.43 Å². The van der Waals surface area contributed by atoms with Gasteiger partial charge in [0.15, 0.2) is 0 Å². The number of fused-ring (bicyclic) bond motifs is 1. The zero-order chi connectivity index (χ0) is 7.68. The molecule has 0 bridgehead atoms. The zero-order valence-corrected chi connectivity index (χ0v) is 8.85. The molecule has 1 aromatic heterocycles. The van der Waals surface area contributed by atoms with E-state index in [4.69, 9.17) is 0 Å². The second-order valence-corrected chi connectivity index (χ2v) is 4.32. The third-order valence-corrected chi connectivity index (χ3v) is 4.06. The van der Waals surface area contributed by atoms with E-state index in [1.165, 1.54) is 15.0 Å². The van der Waals surface area contributed by atoms with Gasteiger partial charge in [-0.25, -0.2) is 0 Å². The Hall–Kier alpha value is -0.0900. The van der Waals surface area contributed by atoms with Crippen molar-refractivity contribution in [2.75, 3.05) is 0 Å². The summed E-state index contributed by atoms with van der Waals surface area (Å²) in [5.74, 6) is 0. The minimum absolute atomic E-state index is 1.12. The molecule has 0 aliphatic rings. The number of hydrogen-bond donors (Lipinski definition) is 0. The molecule has 0 unspecified atom stereocenters. The molecule has 0 amide bonds. The summed E-state index contributed by atoms with van der Waals surface area (Å²) in [6, 6.07) is 10.8. The lowest BCUT2D eigenvalue weighted by atomic mass is 10.2. The van der Waals surface area contributed by atoms with E-state index in [9.17, 15) is 0 Å². The van der Waals surface area contributed by atoms with E-state index in [0.717, 1.165) is 4.43 Å². The fourth-order valence-electron chi connectivity index (χ4n) is 1.10. The van der Waals surface area contributed by atoms with Crippen LogP contribution >= 0.6 is 33.9 Å². The Labute approximate surface area is 83.4 Å². The van der Waals surface area contributed by atoms with Crippen LogP contribution in [0.25, 0.3) is 10.1 Å². The Morgan fingerprint density at radius 3 is 2.82 bits per heavy atom. The summed E-state index contributed by atoms with van der Waals surface area (Å²) in [6.45, 7) is 0. The van der Waals surface area contributed by atoms with Gasteiger partial charge in [0.1, 0.15) is 0 Å². The Kier molecular flexibility index (Phi) is 2.13. The number of hydrogen-bond acceptors (Lipinski definition) is 1. The highest BCUT2D eigenvalue weighted by Gasteiger charge is 1.97. The molecule has 0 fully saturated rings. The van der Waals surface area contributed by atoms with Gasteiger partial charge in [-0.15, -0.1) is 11.3 Å². The Morgan fingerprint density at radius 1 is 1.27 bits per heavy atom. The van der Waals surface area contributed by atoms with Crippen LogP contribution in [0.4, 0.5) is 0 Å². The smallest absolute Gasteiger partial charge is 0.0345 e. The fraction of sp³-hybridized carbons (Fsp3) is 0.111. The van der Waals surface area contributed by atoms with E-state index in [1.807, 2.05) is 11.3 Å². The molecule has 2 heteroatoms. The van der Waals surface area contributed by atoms with Gasteiger partial charge < -0.3 is 0 Å². The highest BCUT2D eigenvalue weighted by molar-refractivity contribution is 14.1. The van der Waals surface area contributed by atoms with Crippen LogP contribution in [0.1, 0.15) is 4.88 Å². The number of thiophene rings is 1. The second-order valence-electron chi connectivity index (χ2n) is 2.38. The van der Waals surface area contributed by atoms with E-state index in [0.29, 0.717) is 0 Å². The molecule has 0 saturated heterocycles. The van der Waals surface area contributed by atoms with Crippen LogP contribution in [-0.4, -0.2) is 0 Å². The molecule has 2 rings (SSSR count). The number of alkyl halides is 1. The van der Waals surface area contributed by atoms with Crippen LogP contribution in [0.3, 0.4) is 0 Å². The molecule has 0 spiro atoms. The van der Waals surface area contributed by atoms with Crippen LogP contribution in [0, 0.1) is 0 Å². The molecule has 0 radical (unpaired) electrons. The van der Waals surface area contributed by atoms with Crippen molar-refractivity contribution in [2.24, 2.45) is 0 Å². The van der Waals surface area contributed by atoms with Gasteiger partial charge in [-0.1, -0.05) is 40.8 Å². The molecular formula is C9H7IS. The van der Waals surface area contributed by atoms with Gasteiger partial charge in [0.25, 0.3) is 0 Å². The predicted octanol–water partition coefficient (Wildman–Crippen LogP) is 3.84. The van der Waals surface area contributed by atoms with Crippen molar-refractivity contribution >= 4 is 44.0 Å². The summed E-state index contributed by atoms with van der Waals surface area (Å²) in [4.78, 5) is 1.46. The molecule has 2 aromatic rings. The molecular weight excluding hydrogens is 267 g/mol. The quantitative estimate of drug-likeness (QED) is 0.547. The lowest BCUT2D eigenvalue weighted by Gasteiger charge is -1.82. The van der Waals surface area contributed by atoms with Gasteiger partial charge in [-0.3, -0.25) is 0 Å². The van der Waals surface area contributed by atoms with Gasteiger partial charge in [-0.05, 0) is 17.5 Å². The molecule has 1 heterocycles. The minimum Gasteiger partial charge on any atom is -0.139 e. The average molecular weight is 274 g/mol. The first kappa shape index (κ1) is 7.55. The van der Waals surface area contributed by atoms with E-state index >= 15 is 0 Å². The van der Waals surface area contributed by atoms with Crippen molar-refractivity contribution in [3.8, 4) is 0 Å². The highest BCUT2D eigenvalue weighted by atomic mass is 127. The van der Waals surface area contributed by atoms with Crippen LogP contribution in [0.5, 0.6) is 0 Å². The molecule has 0 N–H and O–H groups in total. The van der Waals surface area contributed by atoms with Gasteiger partial charge in [0.2, 0.25) is 0 Å². The summed E-state index contributed by atoms with van der Waals surface area (Å²) in [6.07, 6.45) is 0. The molecule has 11 heavy (non-hydrogen) atoms. The number of rotatable bonds is 1. The van der Waals surface area contributed by atoms with Gasteiger partial charge in [-0.2, -0.15) is 0 Å². The van der Waals surface area contributed by atoms with Crippen molar-refractivity contribution in [3.63, 3.8) is 0 Å². The third kappa shape index (κ3) is 1.42. The first-order valence-corrected chi connectivity index (χ1v) is 5.78. The van der Waals surface area contributed by atoms with Crippen LogP contribution in [0.2, 0.25) is 0 Å². The average Bonchev–Trinajstić information content (AvgIpc) is 2.46. The van der Waals surface area contributed by atoms with Crippen LogP contribution in [0.15, 0.2) is 30.3 Å². The Balaban J connectivity index is 2.69. The number of halogens is 1. The van der Waals surface area contributed by atoms with Crippen LogP contribution in [-0.2, 0) is 4.43 Å². The molecule has 0 nitrogen and oxygen atoms in total. The maximum Gasteiger partial charge on any atom is 0.0345 e. The zero-order valence-electron chi connectivity index (χ0n) is 5.88. The fourth-order valence-corrected chi connectivity index (χ4v) is 2.70. The standard InChI is InChI=1S/C9H7IS/c10-6-8-5-7-3-1-2-4-9(7)11-8/h1-5H,6H2. The SMILES string of the molecule is ICc1cc2ccccc2s1. The highest BCUT2D eigenvalue weighted by Crippen LogP contribution is 2.26. The maximum absolute atomic E-state index is 2.40. The first-order valence-electron chi connectivity index (χ1n) is 3.43. The molecule has 0 aliphatic carbocycles. The minimum atomic E-state index is 1.12. The van der Waals surface area contributed by atoms with Gasteiger partial charge >= 0.3 is 0 Å². The summed E-state index contributed by atoms with van der Waals surface area (Å²) in [7, 11) is 0. The van der Waals surface area contributed by atoms with Crippen molar-refractivity contribution in [1.29, 1.82) is 0 Å². The largest absolute Gasteiger partial charge is 0.139 e. The van der Waals surface area contributed by atoms with Crippen molar-refractivity contribution in [1.82, 2.24) is 0 Å². The first-order chi connectivity index (χ1) is 5.40. The van der Waals surface area contributed by atoms with E-state index in [2.05, 4.69) is 52.9 Å². The summed E-state index contributed by atoms with van der Waals surface area (Å²) in [5.41, 5.74) is 0. The lowest BCUT2D eigenvalue weighted by molar-refractivity contribution is 1.63. The molecule has 56 valence electrons. The molecule has 0 aliphatic heterocycles. The maximum atomic E-state index is 2.40. The molecule has 0 saturated carbocycles. The summed E-state index contributed by atoms with van der Waals surface area (Å²) in [5, 5.41) is 1.38. The van der Waals surface area contributed by atoms with Crippen molar-refractivity contribution < 1.29 is 0 Å². The monoisotopic (exact) mass is 274 g/mol. The van der Waals surface area contributed by atoms with E-state index in [-0.39, 0.29) is 0 Å². The second kappa shape index (κ2) is 3.11. The summed E-state index contributed by atoms with van der Waals surface area (Å²) < 4.78 is 2.52. The Bertz CT molecular complexity index is 331. The normalized spacial score (nSPS) is 10.6. The Morgan fingerprint density at radius 2 is 2.09 bits per heavy atom. The molecule has 1 aromatic carbocycles. The van der Waals surface area contributed by atoms with Crippen LogP contribution < -0.4 is 0 Å². The van der Waals surface area contributed by atoms with E-state index < -0.39 is 0 Å². The third-order valence-electron chi connectivity index (χ3n) is 1.61.